The van der Waals surface area contributed by atoms with Crippen molar-refractivity contribution in [1.82, 2.24) is 0 Å². The molecule has 576 valence electrons. The summed E-state index contributed by atoms with van der Waals surface area (Å²) in [5.41, 5.74) is 9.93. The average molecular weight is 1450 g/mol. The van der Waals surface area contributed by atoms with Gasteiger partial charge >= 0.3 is 17.9 Å². The largest absolute Gasteiger partial charge is 0.494 e. The molecule has 107 heavy (non-hydrogen) atoms. The van der Waals surface area contributed by atoms with E-state index in [0.717, 1.165) is 129 Å². The minimum absolute atomic E-state index is 0.271. The van der Waals surface area contributed by atoms with E-state index in [0.29, 0.717) is 84.2 Å². The van der Waals surface area contributed by atoms with Gasteiger partial charge in [0.15, 0.2) is 0 Å². The molecule has 6 aromatic rings. The van der Waals surface area contributed by atoms with E-state index in [2.05, 4.69) is 107 Å². The van der Waals surface area contributed by atoms with Crippen LogP contribution >= 0.6 is 0 Å². The number of carbonyl (C=O) groups excluding carboxylic acids is 3. The number of benzene rings is 6. The lowest BCUT2D eigenvalue weighted by atomic mass is 9.77. The van der Waals surface area contributed by atoms with E-state index in [-0.39, 0.29) is 6.61 Å². The van der Waals surface area contributed by atoms with Gasteiger partial charge < -0.3 is 28.4 Å². The second kappa shape index (κ2) is 47.8. The Kier molecular flexibility index (Phi) is 37.1. The minimum atomic E-state index is -0.437. The second-order valence-corrected chi connectivity index (χ2v) is 31.2. The third-order valence-electron chi connectivity index (χ3n) is 23.1. The van der Waals surface area contributed by atoms with Crippen LogP contribution in [-0.2, 0) is 14.2 Å². The molecular weight excluding hydrogens is 1320 g/mol. The zero-order chi connectivity index (χ0) is 74.9. The molecular formula is C98H130O9. The summed E-state index contributed by atoms with van der Waals surface area (Å²) >= 11 is 0. The van der Waals surface area contributed by atoms with Crippen molar-refractivity contribution in [1.29, 1.82) is 0 Å². The van der Waals surface area contributed by atoms with Crippen LogP contribution in [0.25, 0.3) is 36.5 Å². The van der Waals surface area contributed by atoms with E-state index in [4.69, 9.17) is 28.4 Å². The van der Waals surface area contributed by atoms with Gasteiger partial charge in [-0.25, -0.2) is 14.4 Å². The molecule has 0 N–H and O–H groups in total. The van der Waals surface area contributed by atoms with Crippen LogP contribution in [0.15, 0.2) is 141 Å². The molecule has 0 unspecified atom stereocenters. The predicted octanol–water partition coefficient (Wildman–Crippen LogP) is 27.3. The van der Waals surface area contributed by atoms with Gasteiger partial charge in [0.25, 0.3) is 0 Å². The Bertz CT molecular complexity index is 3630. The normalized spacial score (nSPS) is 18.1. The number of hydrogen-bond acceptors (Lipinski definition) is 9. The summed E-state index contributed by atoms with van der Waals surface area (Å²) in [5.74, 6) is 6.26. The fourth-order valence-corrected chi connectivity index (χ4v) is 16.3. The molecule has 3 aliphatic carbocycles. The summed E-state index contributed by atoms with van der Waals surface area (Å²) in [6, 6.07) is 43.4. The van der Waals surface area contributed by atoms with Crippen LogP contribution in [0.1, 0.15) is 351 Å². The lowest BCUT2D eigenvalue weighted by molar-refractivity contribution is 0.0488. The monoisotopic (exact) mass is 1450 g/mol. The highest BCUT2D eigenvalue weighted by Gasteiger charge is 2.26. The molecule has 0 spiro atoms. The third kappa shape index (κ3) is 28.9. The molecule has 3 saturated carbocycles. The first-order valence-electron chi connectivity index (χ1n) is 42.3. The molecule has 9 nitrogen and oxygen atoms in total. The van der Waals surface area contributed by atoms with Crippen molar-refractivity contribution in [2.75, 3.05) is 39.6 Å². The zero-order valence-corrected chi connectivity index (χ0v) is 65.8. The quantitative estimate of drug-likeness (QED) is 0.0160. The van der Waals surface area contributed by atoms with Crippen molar-refractivity contribution in [2.24, 2.45) is 17.8 Å². The molecule has 3 fully saturated rings. The first-order valence-corrected chi connectivity index (χ1v) is 42.3. The Morgan fingerprint density at radius 2 is 0.598 bits per heavy atom. The summed E-state index contributed by atoms with van der Waals surface area (Å²) in [4.78, 5) is 41.8. The maximum atomic E-state index is 14.3. The number of unbranched alkanes of at least 4 members (excludes halogenated alkanes) is 15. The van der Waals surface area contributed by atoms with Gasteiger partial charge in [0.1, 0.15) is 17.2 Å². The van der Waals surface area contributed by atoms with Gasteiger partial charge in [-0.2, -0.15) is 0 Å². The van der Waals surface area contributed by atoms with E-state index >= 15 is 0 Å². The van der Waals surface area contributed by atoms with E-state index in [1.807, 2.05) is 78.9 Å². The van der Waals surface area contributed by atoms with E-state index < -0.39 is 17.9 Å². The summed E-state index contributed by atoms with van der Waals surface area (Å²) in [6.45, 7) is 17.7. The Hall–Kier alpha value is -7.91. The van der Waals surface area contributed by atoms with Crippen LogP contribution in [0.5, 0.6) is 17.2 Å². The van der Waals surface area contributed by atoms with Crippen LogP contribution in [0.4, 0.5) is 0 Å². The Balaban J connectivity index is 0.745. The molecule has 0 heterocycles. The van der Waals surface area contributed by atoms with Crippen LogP contribution in [-0.4, -0.2) is 57.5 Å². The smallest absolute Gasteiger partial charge is 0.338 e. The van der Waals surface area contributed by atoms with Crippen LogP contribution in [0.3, 0.4) is 0 Å². The summed E-state index contributed by atoms with van der Waals surface area (Å²) in [7, 11) is 0. The Morgan fingerprint density at radius 1 is 0.308 bits per heavy atom. The van der Waals surface area contributed by atoms with E-state index in [1.165, 1.54) is 171 Å². The topological polar surface area (TPSA) is 107 Å². The molecule has 0 aromatic heterocycles. The zero-order valence-electron chi connectivity index (χ0n) is 65.8. The molecule has 6 aromatic carbocycles. The fraction of sp³-hybridized carbons (Fsp3) is 0.520. The molecule has 0 atom stereocenters. The van der Waals surface area contributed by atoms with Gasteiger partial charge in [-0.15, -0.1) is 0 Å². The molecule has 0 saturated heterocycles. The van der Waals surface area contributed by atoms with Crippen LogP contribution in [0, 0.1) is 17.8 Å². The van der Waals surface area contributed by atoms with Gasteiger partial charge in [-0.1, -0.05) is 220 Å². The number of esters is 3. The average Bonchev–Trinajstić information content (AvgIpc) is 0.992. The Morgan fingerprint density at radius 3 is 0.907 bits per heavy atom. The highest BCUT2D eigenvalue weighted by molar-refractivity contribution is 5.98. The number of rotatable bonds is 48. The summed E-state index contributed by atoms with van der Waals surface area (Å²) in [5, 5.41) is 0. The highest BCUT2D eigenvalue weighted by Crippen LogP contribution is 2.41. The maximum Gasteiger partial charge on any atom is 0.338 e. The number of carbonyl (C=O) groups is 3. The fourth-order valence-electron chi connectivity index (χ4n) is 16.3. The molecule has 3 aliphatic rings. The summed E-state index contributed by atoms with van der Waals surface area (Å²) in [6.07, 6.45) is 53.8. The van der Waals surface area contributed by atoms with Gasteiger partial charge in [-0.05, 0) is 294 Å². The lowest BCUT2D eigenvalue weighted by Crippen LogP contribution is -2.13. The van der Waals surface area contributed by atoms with Gasteiger partial charge in [0.2, 0.25) is 0 Å². The van der Waals surface area contributed by atoms with Crippen molar-refractivity contribution >= 4 is 54.4 Å². The van der Waals surface area contributed by atoms with Crippen molar-refractivity contribution in [3.63, 3.8) is 0 Å². The SMILES string of the molecule is C=Cc1ccc(/C=C/c2ccc(/C=C/c3ccc(C=C)c(C(=O)OCCCCCCOc4ccc(C5CCC(CCCCC)CC5)cc4)c3)c(C(=O)OCCCCCCOc3ccc(C4CCC(CCCCC)CC4)cc3)c2)c(C(=O)OCCCCCCOc2ccc(C3CCC(CCCCC)CC3)cc2)c1. The summed E-state index contributed by atoms with van der Waals surface area (Å²) < 4.78 is 36.2. The standard InChI is InChI=1S/C98H130O9/c1-6-11-20-29-76-33-44-82(45-34-76)85-54-60-90(61-55-85)102-66-23-14-17-26-69-105-96(99)93-73-79(39-43-81(93)10-5)40-52-89-53-42-80(74-95(89)98(101)107-71-28-19-16-25-68-104-92-64-58-87(59-65-92)84-48-37-78(38-49-84)31-22-13-8-3)41-51-88-50-32-75(9-4)72-94(88)97(100)106-70-27-18-15-24-67-103-91-62-56-86(57-63-91)83-46-35-77(36-47-83)30-21-12-7-2/h9-10,32,39-43,50-65,72-74,76-78,82-84H,4-8,11-31,33-38,44-49,66-71H2,1-3H3/b51-41+,52-40+. The van der Waals surface area contributed by atoms with Gasteiger partial charge in [-0.3, -0.25) is 0 Å². The molecule has 9 heteroatoms. The molecule has 0 radical (unpaired) electrons. The van der Waals surface area contributed by atoms with Crippen molar-refractivity contribution in [3.8, 4) is 17.2 Å². The molecule has 0 amide bonds. The highest BCUT2D eigenvalue weighted by atomic mass is 16.5. The molecule has 0 bridgehead atoms. The van der Waals surface area contributed by atoms with E-state index in [1.54, 1.807) is 12.2 Å². The van der Waals surface area contributed by atoms with Crippen molar-refractivity contribution < 1.29 is 42.8 Å². The number of ether oxygens (including phenoxy) is 6. The van der Waals surface area contributed by atoms with Crippen LogP contribution < -0.4 is 14.2 Å². The van der Waals surface area contributed by atoms with Crippen LogP contribution in [0.2, 0.25) is 0 Å². The first-order chi connectivity index (χ1) is 52.6. The second-order valence-electron chi connectivity index (χ2n) is 31.2. The van der Waals surface area contributed by atoms with Gasteiger partial charge in [0.05, 0.1) is 56.3 Å². The van der Waals surface area contributed by atoms with E-state index in [9.17, 15) is 14.4 Å². The Labute approximate surface area is 645 Å². The predicted molar refractivity (Wildman–Crippen MR) is 446 cm³/mol. The first kappa shape index (κ1) is 83.1. The lowest BCUT2D eigenvalue weighted by Gasteiger charge is -2.29. The third-order valence-corrected chi connectivity index (χ3v) is 23.1. The maximum absolute atomic E-state index is 14.3. The van der Waals surface area contributed by atoms with Crippen molar-refractivity contribution in [2.45, 2.75) is 270 Å². The minimum Gasteiger partial charge on any atom is -0.494 e. The molecule has 9 rings (SSSR count). The van der Waals surface area contributed by atoms with Gasteiger partial charge in [0, 0.05) is 0 Å². The number of hydrogen-bond donors (Lipinski definition) is 0. The molecule has 0 aliphatic heterocycles. The van der Waals surface area contributed by atoms with Crippen molar-refractivity contribution in [3.05, 3.63) is 207 Å².